The molecule has 4 N–H and O–H groups in total. The normalized spacial score (nSPS) is 10.8. The highest BCUT2D eigenvalue weighted by atomic mass is 16.5. The molecule has 1 rings (SSSR count). The highest BCUT2D eigenvalue weighted by molar-refractivity contribution is 6.03. The van der Waals surface area contributed by atoms with Gasteiger partial charge in [0.2, 0.25) is 0 Å². The Kier molecular flexibility index (Phi) is 4.28. The number of nitrogens with two attached hydrogens (primary N) is 2. The molecule has 0 aliphatic rings. The van der Waals surface area contributed by atoms with E-state index in [1.54, 1.807) is 20.1 Å². The fraction of sp³-hybridized carbons (Fsp3) is 0.167. The number of methoxy groups -OCH3 is 1. The molecular formula is C12H15N3O2. The summed E-state index contributed by atoms with van der Waals surface area (Å²) >= 11 is 0. The molecule has 5 nitrogen and oxygen atoms in total. The lowest BCUT2D eigenvalue weighted by atomic mass is 10.1. The summed E-state index contributed by atoms with van der Waals surface area (Å²) < 4.78 is 5.08. The van der Waals surface area contributed by atoms with Gasteiger partial charge in [-0.05, 0) is 30.7 Å². The third kappa shape index (κ3) is 3.98. The van der Waals surface area contributed by atoms with Crippen LogP contribution in [0.2, 0.25) is 0 Å². The lowest BCUT2D eigenvalue weighted by molar-refractivity contribution is -0.114. The molecule has 5 heteroatoms. The molecule has 0 radical (unpaired) electrons. The number of guanidine groups is 1. The minimum Gasteiger partial charge on any atom is -0.497 e. The van der Waals surface area contributed by atoms with Crippen molar-refractivity contribution in [3.8, 4) is 5.75 Å². The zero-order valence-electron chi connectivity index (χ0n) is 9.81. The highest BCUT2D eigenvalue weighted by Crippen LogP contribution is 2.15. The summed E-state index contributed by atoms with van der Waals surface area (Å²) in [5, 5.41) is 0. The number of nitrogens with zero attached hydrogens (tertiary/aromatic N) is 1. The summed E-state index contributed by atoms with van der Waals surface area (Å²) in [7, 11) is 1.58. The average Bonchev–Trinajstić information content (AvgIpc) is 2.28. The van der Waals surface area contributed by atoms with E-state index in [9.17, 15) is 4.79 Å². The molecule has 0 aliphatic carbocycles. The zero-order chi connectivity index (χ0) is 12.8. The molecule has 0 unspecified atom stereocenters. The van der Waals surface area contributed by atoms with E-state index < -0.39 is 5.91 Å². The number of hydrogen-bond donors (Lipinski definition) is 2. The maximum atomic E-state index is 11.5. The summed E-state index contributed by atoms with van der Waals surface area (Å²) in [5.74, 6) is 0.0297. The predicted octanol–water partition coefficient (Wildman–Crippen LogP) is 0.898. The van der Waals surface area contributed by atoms with Crippen molar-refractivity contribution < 1.29 is 9.53 Å². The molecule has 0 aliphatic heterocycles. The van der Waals surface area contributed by atoms with Gasteiger partial charge in [-0.3, -0.25) is 4.79 Å². The number of amides is 1. The predicted molar refractivity (Wildman–Crippen MR) is 67.5 cm³/mol. The Balaban J connectivity index is 2.94. The number of hydrogen-bond acceptors (Lipinski definition) is 2. The second kappa shape index (κ2) is 5.69. The number of aliphatic imine (C=N–C) groups is 1. The minimum atomic E-state index is -0.451. The topological polar surface area (TPSA) is 90.7 Å². The molecule has 90 valence electrons. The number of rotatable bonds is 3. The fourth-order valence-electron chi connectivity index (χ4n) is 1.25. The number of carbonyl (C=O) groups excluding carboxylic acids is 1. The average molecular weight is 233 g/mol. The quantitative estimate of drug-likeness (QED) is 0.461. The molecule has 0 atom stereocenters. The van der Waals surface area contributed by atoms with Gasteiger partial charge in [0.25, 0.3) is 5.91 Å². The molecule has 0 fully saturated rings. The van der Waals surface area contributed by atoms with E-state index in [-0.39, 0.29) is 5.96 Å². The third-order valence-electron chi connectivity index (χ3n) is 2.04. The van der Waals surface area contributed by atoms with Crippen molar-refractivity contribution in [2.45, 2.75) is 6.92 Å². The Morgan fingerprint density at radius 1 is 1.41 bits per heavy atom. The van der Waals surface area contributed by atoms with Crippen LogP contribution in [-0.2, 0) is 4.79 Å². The monoisotopic (exact) mass is 233 g/mol. The standard InChI is InChI=1S/C12H15N3O2/c1-8(11(16)15-12(13)14)6-9-4-3-5-10(7-9)17-2/h3-7H,1-2H3,(H4,13,14,15,16)/b8-6+. The second-order valence-electron chi connectivity index (χ2n) is 3.45. The number of ether oxygens (including phenoxy) is 1. The van der Waals surface area contributed by atoms with E-state index in [4.69, 9.17) is 16.2 Å². The van der Waals surface area contributed by atoms with Gasteiger partial charge in [-0.25, -0.2) is 0 Å². The summed E-state index contributed by atoms with van der Waals surface area (Å²) in [6.07, 6.45) is 1.69. The van der Waals surface area contributed by atoms with Crippen LogP contribution in [0.15, 0.2) is 34.8 Å². The second-order valence-corrected chi connectivity index (χ2v) is 3.45. The molecule has 0 saturated heterocycles. The Morgan fingerprint density at radius 2 is 2.12 bits per heavy atom. The van der Waals surface area contributed by atoms with Crippen LogP contribution in [0.5, 0.6) is 5.75 Å². The van der Waals surface area contributed by atoms with Crippen LogP contribution >= 0.6 is 0 Å². The van der Waals surface area contributed by atoms with Crippen LogP contribution in [0.3, 0.4) is 0 Å². The van der Waals surface area contributed by atoms with Gasteiger partial charge < -0.3 is 16.2 Å². The zero-order valence-corrected chi connectivity index (χ0v) is 9.81. The maximum Gasteiger partial charge on any atom is 0.275 e. The van der Waals surface area contributed by atoms with Crippen molar-refractivity contribution in [1.82, 2.24) is 0 Å². The van der Waals surface area contributed by atoms with Crippen molar-refractivity contribution in [1.29, 1.82) is 0 Å². The molecule has 0 spiro atoms. The SMILES string of the molecule is COc1cccc(/C=C(\C)C(=O)N=C(N)N)c1. The summed E-state index contributed by atoms with van der Waals surface area (Å²) in [6.45, 7) is 1.65. The lowest BCUT2D eigenvalue weighted by Crippen LogP contribution is -2.24. The molecule has 1 aromatic carbocycles. The van der Waals surface area contributed by atoms with E-state index in [0.29, 0.717) is 5.57 Å². The molecular weight excluding hydrogens is 218 g/mol. The molecule has 17 heavy (non-hydrogen) atoms. The van der Waals surface area contributed by atoms with Gasteiger partial charge in [0.05, 0.1) is 7.11 Å². The van der Waals surface area contributed by atoms with E-state index in [1.807, 2.05) is 24.3 Å². The first kappa shape index (κ1) is 12.8. The van der Waals surface area contributed by atoms with Gasteiger partial charge in [-0.15, -0.1) is 0 Å². The molecule has 1 amide bonds. The smallest absolute Gasteiger partial charge is 0.275 e. The van der Waals surface area contributed by atoms with Crippen molar-refractivity contribution in [2.75, 3.05) is 7.11 Å². The number of carbonyl (C=O) groups is 1. The highest BCUT2D eigenvalue weighted by Gasteiger charge is 2.03. The van der Waals surface area contributed by atoms with Gasteiger partial charge >= 0.3 is 0 Å². The first-order chi connectivity index (χ1) is 8.02. The van der Waals surface area contributed by atoms with Crippen LogP contribution in [-0.4, -0.2) is 19.0 Å². The van der Waals surface area contributed by atoms with Crippen molar-refractivity contribution in [2.24, 2.45) is 16.5 Å². The van der Waals surface area contributed by atoms with Gasteiger partial charge in [-0.2, -0.15) is 4.99 Å². The maximum absolute atomic E-state index is 11.5. The Labute approximate surface area is 99.8 Å². The van der Waals surface area contributed by atoms with Crippen LogP contribution in [0.1, 0.15) is 12.5 Å². The van der Waals surface area contributed by atoms with Gasteiger partial charge in [0, 0.05) is 5.57 Å². The van der Waals surface area contributed by atoms with Crippen LogP contribution in [0.4, 0.5) is 0 Å². The van der Waals surface area contributed by atoms with Crippen LogP contribution < -0.4 is 16.2 Å². The lowest BCUT2D eigenvalue weighted by Gasteiger charge is -2.01. The molecule has 0 aromatic heterocycles. The van der Waals surface area contributed by atoms with E-state index >= 15 is 0 Å². The summed E-state index contributed by atoms with van der Waals surface area (Å²) in [4.78, 5) is 14.9. The van der Waals surface area contributed by atoms with E-state index in [0.717, 1.165) is 11.3 Å². The summed E-state index contributed by atoms with van der Waals surface area (Å²) in [6, 6.07) is 7.33. The van der Waals surface area contributed by atoms with Crippen molar-refractivity contribution in [3.63, 3.8) is 0 Å². The minimum absolute atomic E-state index is 0.242. The van der Waals surface area contributed by atoms with E-state index in [2.05, 4.69) is 4.99 Å². The van der Waals surface area contributed by atoms with Gasteiger partial charge in [0.1, 0.15) is 5.75 Å². The first-order valence-electron chi connectivity index (χ1n) is 4.99. The molecule has 1 aromatic rings. The first-order valence-corrected chi connectivity index (χ1v) is 4.99. The van der Waals surface area contributed by atoms with Gasteiger partial charge in [0.15, 0.2) is 5.96 Å². The number of benzene rings is 1. The molecule has 0 bridgehead atoms. The Hall–Kier alpha value is -2.30. The molecule has 0 saturated carbocycles. The fourth-order valence-corrected chi connectivity index (χ4v) is 1.25. The van der Waals surface area contributed by atoms with E-state index in [1.165, 1.54) is 0 Å². The Bertz CT molecular complexity index is 474. The van der Waals surface area contributed by atoms with Crippen molar-refractivity contribution in [3.05, 3.63) is 35.4 Å². The molecule has 0 heterocycles. The summed E-state index contributed by atoms with van der Waals surface area (Å²) in [5.41, 5.74) is 11.6. The van der Waals surface area contributed by atoms with Gasteiger partial charge in [-0.1, -0.05) is 12.1 Å². The van der Waals surface area contributed by atoms with Crippen molar-refractivity contribution >= 4 is 17.9 Å². The Morgan fingerprint density at radius 3 is 2.71 bits per heavy atom. The van der Waals surface area contributed by atoms with Crippen LogP contribution in [0, 0.1) is 0 Å². The van der Waals surface area contributed by atoms with Crippen LogP contribution in [0.25, 0.3) is 6.08 Å². The third-order valence-corrected chi connectivity index (χ3v) is 2.04. The largest absolute Gasteiger partial charge is 0.497 e.